The summed E-state index contributed by atoms with van der Waals surface area (Å²) in [6.07, 6.45) is 5.78. The monoisotopic (exact) mass is 275 g/mol. The number of carbonyl (C=O) groups excluding carboxylic acids is 2. The van der Waals surface area contributed by atoms with Crippen molar-refractivity contribution in [2.75, 3.05) is 19.8 Å². The fraction of sp³-hybridized carbons (Fsp3) is 0.333. The SMILES string of the molecule is C#CCNC(=O)COC(=O)COc1ccccc1CC. The molecule has 1 aromatic carbocycles. The average Bonchev–Trinajstić information content (AvgIpc) is 2.48. The number of aryl methyl sites for hydroxylation is 1. The predicted molar refractivity (Wildman–Crippen MR) is 74.1 cm³/mol. The van der Waals surface area contributed by atoms with Crippen LogP contribution in [0.4, 0.5) is 0 Å². The van der Waals surface area contributed by atoms with Crippen molar-refractivity contribution < 1.29 is 19.1 Å². The number of ether oxygens (including phenoxy) is 2. The number of hydrogen-bond donors (Lipinski definition) is 1. The molecule has 0 spiro atoms. The van der Waals surface area contributed by atoms with Gasteiger partial charge in [-0.05, 0) is 18.1 Å². The van der Waals surface area contributed by atoms with Crippen LogP contribution in [0.1, 0.15) is 12.5 Å². The van der Waals surface area contributed by atoms with E-state index in [9.17, 15) is 9.59 Å². The van der Waals surface area contributed by atoms with Crippen molar-refractivity contribution in [3.05, 3.63) is 29.8 Å². The first-order valence-corrected chi connectivity index (χ1v) is 6.23. The lowest BCUT2D eigenvalue weighted by Crippen LogP contribution is -2.30. The molecule has 0 atom stereocenters. The van der Waals surface area contributed by atoms with E-state index in [1.54, 1.807) is 6.07 Å². The fourth-order valence-electron chi connectivity index (χ4n) is 1.46. The molecule has 1 rings (SSSR count). The Balaban J connectivity index is 2.33. The number of hydrogen-bond acceptors (Lipinski definition) is 4. The van der Waals surface area contributed by atoms with Crippen molar-refractivity contribution >= 4 is 11.9 Å². The van der Waals surface area contributed by atoms with E-state index in [1.165, 1.54) is 0 Å². The maximum absolute atomic E-state index is 11.4. The molecule has 5 heteroatoms. The second kappa shape index (κ2) is 8.59. The van der Waals surface area contributed by atoms with Crippen molar-refractivity contribution in [2.45, 2.75) is 13.3 Å². The molecule has 0 aliphatic carbocycles. The number of para-hydroxylation sites is 1. The number of carbonyl (C=O) groups is 2. The van der Waals surface area contributed by atoms with Gasteiger partial charge in [0.25, 0.3) is 5.91 Å². The Morgan fingerprint density at radius 3 is 2.75 bits per heavy atom. The standard InChI is InChI=1S/C15H17NO4/c1-3-9-16-14(17)10-20-15(18)11-19-13-8-6-5-7-12(13)4-2/h1,5-8H,4,9-11H2,2H3,(H,16,17). The molecule has 0 saturated carbocycles. The Morgan fingerprint density at radius 2 is 2.05 bits per heavy atom. The van der Waals surface area contributed by atoms with Gasteiger partial charge in [-0.1, -0.05) is 31.0 Å². The van der Waals surface area contributed by atoms with Crippen molar-refractivity contribution in [2.24, 2.45) is 0 Å². The Kier molecular flexibility index (Phi) is 6.69. The van der Waals surface area contributed by atoms with E-state index in [-0.39, 0.29) is 19.8 Å². The molecule has 0 radical (unpaired) electrons. The smallest absolute Gasteiger partial charge is 0.344 e. The highest BCUT2D eigenvalue weighted by Crippen LogP contribution is 2.17. The lowest BCUT2D eigenvalue weighted by atomic mass is 10.1. The number of terminal acetylenes is 1. The lowest BCUT2D eigenvalue weighted by molar-refractivity contribution is -0.150. The number of amides is 1. The molecule has 1 N–H and O–H groups in total. The largest absolute Gasteiger partial charge is 0.482 e. The summed E-state index contributed by atoms with van der Waals surface area (Å²) in [5.74, 6) is 1.85. The molecule has 0 unspecified atom stereocenters. The zero-order chi connectivity index (χ0) is 14.8. The summed E-state index contributed by atoms with van der Waals surface area (Å²) >= 11 is 0. The topological polar surface area (TPSA) is 64.6 Å². The number of nitrogens with one attached hydrogen (secondary N) is 1. The third-order valence-electron chi connectivity index (χ3n) is 2.45. The van der Waals surface area contributed by atoms with Gasteiger partial charge in [-0.25, -0.2) is 4.79 Å². The zero-order valence-electron chi connectivity index (χ0n) is 11.3. The molecule has 0 aromatic heterocycles. The summed E-state index contributed by atoms with van der Waals surface area (Å²) in [5.41, 5.74) is 1.01. The van der Waals surface area contributed by atoms with Gasteiger partial charge >= 0.3 is 5.97 Å². The van der Waals surface area contributed by atoms with Gasteiger partial charge in [0, 0.05) is 0 Å². The maximum Gasteiger partial charge on any atom is 0.344 e. The molecular weight excluding hydrogens is 258 g/mol. The molecule has 0 fully saturated rings. The highest BCUT2D eigenvalue weighted by Gasteiger charge is 2.09. The minimum atomic E-state index is -0.605. The summed E-state index contributed by atoms with van der Waals surface area (Å²) in [4.78, 5) is 22.6. The van der Waals surface area contributed by atoms with Gasteiger partial charge < -0.3 is 14.8 Å². The fourth-order valence-corrected chi connectivity index (χ4v) is 1.46. The third-order valence-corrected chi connectivity index (χ3v) is 2.45. The van der Waals surface area contributed by atoms with E-state index in [0.29, 0.717) is 5.75 Å². The normalized spacial score (nSPS) is 9.40. The molecule has 5 nitrogen and oxygen atoms in total. The molecule has 0 heterocycles. The van der Waals surface area contributed by atoms with E-state index in [2.05, 4.69) is 11.2 Å². The van der Waals surface area contributed by atoms with Crippen LogP contribution in [0, 0.1) is 12.3 Å². The molecular formula is C15H17NO4. The van der Waals surface area contributed by atoms with Crippen LogP contribution < -0.4 is 10.1 Å². The first kappa shape index (κ1) is 15.6. The van der Waals surface area contributed by atoms with Crippen LogP contribution in [0.3, 0.4) is 0 Å². The Labute approximate surface area is 118 Å². The summed E-state index contributed by atoms with van der Waals surface area (Å²) in [5, 5.41) is 2.39. The van der Waals surface area contributed by atoms with E-state index >= 15 is 0 Å². The molecule has 1 aromatic rings. The van der Waals surface area contributed by atoms with Crippen LogP contribution in [-0.2, 0) is 20.7 Å². The maximum atomic E-state index is 11.4. The second-order valence-electron chi connectivity index (χ2n) is 3.89. The third kappa shape index (κ3) is 5.44. The van der Waals surface area contributed by atoms with Crippen molar-refractivity contribution in [3.63, 3.8) is 0 Å². The van der Waals surface area contributed by atoms with E-state index in [1.807, 2.05) is 25.1 Å². The van der Waals surface area contributed by atoms with Crippen LogP contribution in [-0.4, -0.2) is 31.6 Å². The quantitative estimate of drug-likeness (QED) is 0.593. The van der Waals surface area contributed by atoms with E-state index < -0.39 is 11.9 Å². The number of esters is 1. The first-order chi connectivity index (χ1) is 9.67. The Bertz CT molecular complexity index is 505. The highest BCUT2D eigenvalue weighted by molar-refractivity contribution is 5.81. The van der Waals surface area contributed by atoms with Crippen LogP contribution in [0.15, 0.2) is 24.3 Å². The van der Waals surface area contributed by atoms with Crippen LogP contribution in [0.2, 0.25) is 0 Å². The van der Waals surface area contributed by atoms with Crippen molar-refractivity contribution in [3.8, 4) is 18.1 Å². The van der Waals surface area contributed by atoms with Gasteiger partial charge in [0.05, 0.1) is 6.54 Å². The molecule has 20 heavy (non-hydrogen) atoms. The minimum absolute atomic E-state index is 0.108. The van der Waals surface area contributed by atoms with E-state index in [0.717, 1.165) is 12.0 Å². The van der Waals surface area contributed by atoms with Gasteiger partial charge in [0.15, 0.2) is 13.2 Å². The summed E-state index contributed by atoms with van der Waals surface area (Å²) in [7, 11) is 0. The molecule has 0 aliphatic rings. The number of rotatable bonds is 7. The zero-order valence-corrected chi connectivity index (χ0v) is 11.3. The van der Waals surface area contributed by atoms with Gasteiger partial charge in [-0.2, -0.15) is 0 Å². The summed E-state index contributed by atoms with van der Waals surface area (Å²) in [6.45, 7) is 1.51. The van der Waals surface area contributed by atoms with Crippen molar-refractivity contribution in [1.82, 2.24) is 5.32 Å². The van der Waals surface area contributed by atoms with Gasteiger partial charge in [0.2, 0.25) is 0 Å². The van der Waals surface area contributed by atoms with Gasteiger partial charge in [-0.3, -0.25) is 4.79 Å². The molecule has 1 amide bonds. The Hall–Kier alpha value is -2.48. The van der Waals surface area contributed by atoms with Gasteiger partial charge in [0.1, 0.15) is 5.75 Å². The highest BCUT2D eigenvalue weighted by atomic mass is 16.6. The first-order valence-electron chi connectivity index (χ1n) is 6.23. The summed E-state index contributed by atoms with van der Waals surface area (Å²) in [6, 6.07) is 7.44. The van der Waals surface area contributed by atoms with Crippen LogP contribution in [0.25, 0.3) is 0 Å². The molecule has 0 aliphatic heterocycles. The molecule has 0 bridgehead atoms. The minimum Gasteiger partial charge on any atom is -0.482 e. The second-order valence-corrected chi connectivity index (χ2v) is 3.89. The van der Waals surface area contributed by atoms with Crippen molar-refractivity contribution in [1.29, 1.82) is 0 Å². The Morgan fingerprint density at radius 1 is 1.30 bits per heavy atom. The predicted octanol–water partition coefficient (Wildman–Crippen LogP) is 0.920. The van der Waals surface area contributed by atoms with Crippen LogP contribution >= 0.6 is 0 Å². The van der Waals surface area contributed by atoms with E-state index in [4.69, 9.17) is 15.9 Å². The summed E-state index contributed by atoms with van der Waals surface area (Å²) < 4.78 is 10.1. The molecule has 0 saturated heterocycles. The van der Waals surface area contributed by atoms with Gasteiger partial charge in [-0.15, -0.1) is 6.42 Å². The van der Waals surface area contributed by atoms with Crippen LogP contribution in [0.5, 0.6) is 5.75 Å². The average molecular weight is 275 g/mol. The number of benzene rings is 1. The molecule has 106 valence electrons. The lowest BCUT2D eigenvalue weighted by Gasteiger charge is -2.09.